The van der Waals surface area contributed by atoms with Gasteiger partial charge in [0.15, 0.2) is 0 Å². The highest BCUT2D eigenvalue weighted by Gasteiger charge is 2.21. The molecule has 0 nitrogen and oxygen atoms in total. The van der Waals surface area contributed by atoms with Crippen molar-refractivity contribution < 1.29 is 0 Å². The molecule has 0 bridgehead atoms. The average molecular weight is 216 g/mol. The summed E-state index contributed by atoms with van der Waals surface area (Å²) < 4.78 is 0. The van der Waals surface area contributed by atoms with Gasteiger partial charge in [0.2, 0.25) is 0 Å². The summed E-state index contributed by atoms with van der Waals surface area (Å²) in [5.74, 6) is 2.82. The van der Waals surface area contributed by atoms with Gasteiger partial charge in [-0.25, -0.2) is 0 Å². The van der Waals surface area contributed by atoms with Crippen LogP contribution in [0.4, 0.5) is 0 Å². The van der Waals surface area contributed by atoms with Crippen LogP contribution in [0.1, 0.15) is 31.9 Å². The van der Waals surface area contributed by atoms with Gasteiger partial charge in [0.25, 0.3) is 0 Å². The van der Waals surface area contributed by atoms with E-state index in [4.69, 9.17) is 6.42 Å². The maximum absolute atomic E-state index is 5.57. The summed E-state index contributed by atoms with van der Waals surface area (Å²) in [6.07, 6.45) is 5.57. The number of benzene rings is 1. The quantitative estimate of drug-likeness (QED) is 0.500. The third kappa shape index (κ3) is 2.52. The fourth-order valence-corrected chi connectivity index (χ4v) is 3.92. The lowest BCUT2D eigenvalue weighted by Gasteiger charge is -2.25. The standard InChI is InChI=1S/C14H20Si/c1-7-11-9-8-10-12(14(2,3)4)13(11)15(5)6/h1,8-10,15H,2-6H3. The molecule has 0 saturated heterocycles. The van der Waals surface area contributed by atoms with Crippen LogP contribution >= 0.6 is 0 Å². The molecule has 0 atom stereocenters. The summed E-state index contributed by atoms with van der Waals surface area (Å²) in [6.45, 7) is 11.4. The minimum absolute atomic E-state index is 0.194. The molecule has 0 spiro atoms. The lowest BCUT2D eigenvalue weighted by molar-refractivity contribution is 0.594. The first-order valence-corrected chi connectivity index (χ1v) is 8.36. The maximum Gasteiger partial charge on any atom is 0.0667 e. The molecule has 1 rings (SSSR count). The molecule has 0 unspecified atom stereocenters. The molecular weight excluding hydrogens is 196 g/mol. The topological polar surface area (TPSA) is 0 Å². The fraction of sp³-hybridized carbons (Fsp3) is 0.429. The third-order valence-electron chi connectivity index (χ3n) is 2.65. The molecule has 15 heavy (non-hydrogen) atoms. The van der Waals surface area contributed by atoms with E-state index in [1.165, 1.54) is 10.8 Å². The minimum atomic E-state index is -0.867. The summed E-state index contributed by atoms with van der Waals surface area (Å²) in [6, 6.07) is 6.37. The summed E-state index contributed by atoms with van der Waals surface area (Å²) in [5.41, 5.74) is 2.73. The summed E-state index contributed by atoms with van der Waals surface area (Å²) in [4.78, 5) is 0. The first-order chi connectivity index (χ1) is 6.88. The molecule has 0 fully saturated rings. The van der Waals surface area contributed by atoms with Crippen LogP contribution in [0.25, 0.3) is 0 Å². The van der Waals surface area contributed by atoms with Gasteiger partial charge in [-0.1, -0.05) is 51.9 Å². The lowest BCUT2D eigenvalue weighted by atomic mass is 9.86. The van der Waals surface area contributed by atoms with Gasteiger partial charge in [-0.3, -0.25) is 0 Å². The van der Waals surface area contributed by atoms with Crippen LogP contribution in [0.3, 0.4) is 0 Å². The zero-order valence-corrected chi connectivity index (χ0v) is 11.5. The molecule has 0 aromatic heterocycles. The SMILES string of the molecule is C#Cc1cccc(C(C)(C)C)c1[SiH](C)C. The van der Waals surface area contributed by atoms with Gasteiger partial charge in [-0.2, -0.15) is 0 Å². The Hall–Kier alpha value is -1.00. The third-order valence-corrected chi connectivity index (χ3v) is 4.42. The predicted octanol–water partition coefficient (Wildman–Crippen LogP) is 2.66. The Balaban J connectivity index is 3.48. The molecule has 0 aliphatic rings. The second-order valence-electron chi connectivity index (χ2n) is 5.32. The Morgan fingerprint density at radius 2 is 1.80 bits per heavy atom. The van der Waals surface area contributed by atoms with Crippen molar-refractivity contribution in [2.75, 3.05) is 0 Å². The molecule has 1 heteroatoms. The zero-order valence-electron chi connectivity index (χ0n) is 10.4. The molecule has 80 valence electrons. The van der Waals surface area contributed by atoms with E-state index in [0.29, 0.717) is 0 Å². The summed E-state index contributed by atoms with van der Waals surface area (Å²) in [5, 5.41) is 1.47. The highest BCUT2D eigenvalue weighted by Crippen LogP contribution is 2.21. The zero-order chi connectivity index (χ0) is 11.6. The van der Waals surface area contributed by atoms with Crippen molar-refractivity contribution >= 4 is 14.0 Å². The van der Waals surface area contributed by atoms with Crippen molar-refractivity contribution in [2.45, 2.75) is 39.3 Å². The number of terminal acetylenes is 1. The van der Waals surface area contributed by atoms with Gasteiger partial charge in [-0.05, 0) is 22.2 Å². The van der Waals surface area contributed by atoms with E-state index in [0.717, 1.165) is 5.56 Å². The molecule has 0 amide bonds. The highest BCUT2D eigenvalue weighted by atomic mass is 28.3. The Bertz CT molecular complexity index is 389. The molecule has 0 N–H and O–H groups in total. The maximum atomic E-state index is 5.57. The van der Waals surface area contributed by atoms with E-state index in [2.05, 4.69) is 58.0 Å². The van der Waals surface area contributed by atoms with Crippen LogP contribution < -0.4 is 5.19 Å². The molecule has 0 saturated carbocycles. The Labute approximate surface area is 95.3 Å². The molecule has 0 aliphatic heterocycles. The number of hydrogen-bond acceptors (Lipinski definition) is 0. The van der Waals surface area contributed by atoms with E-state index < -0.39 is 8.80 Å². The van der Waals surface area contributed by atoms with Crippen molar-refractivity contribution in [1.82, 2.24) is 0 Å². The van der Waals surface area contributed by atoms with Crippen molar-refractivity contribution in [3.05, 3.63) is 29.3 Å². The number of rotatable bonds is 1. The van der Waals surface area contributed by atoms with E-state index in [9.17, 15) is 0 Å². The monoisotopic (exact) mass is 216 g/mol. The second kappa shape index (κ2) is 4.24. The van der Waals surface area contributed by atoms with Gasteiger partial charge in [0.1, 0.15) is 0 Å². The number of hydrogen-bond donors (Lipinski definition) is 0. The summed E-state index contributed by atoms with van der Waals surface area (Å²) >= 11 is 0. The van der Waals surface area contributed by atoms with E-state index >= 15 is 0 Å². The minimum Gasteiger partial charge on any atom is -0.115 e. The van der Waals surface area contributed by atoms with Crippen LogP contribution in [0.2, 0.25) is 13.1 Å². The molecule has 1 aromatic carbocycles. The van der Waals surface area contributed by atoms with Crippen molar-refractivity contribution in [3.8, 4) is 12.3 Å². The second-order valence-corrected chi connectivity index (χ2v) is 8.20. The van der Waals surface area contributed by atoms with Crippen LogP contribution in [0.15, 0.2) is 18.2 Å². The normalized spacial score (nSPS) is 11.5. The van der Waals surface area contributed by atoms with Crippen LogP contribution in [0.5, 0.6) is 0 Å². The van der Waals surface area contributed by atoms with E-state index in [-0.39, 0.29) is 5.41 Å². The largest absolute Gasteiger partial charge is 0.115 e. The van der Waals surface area contributed by atoms with Crippen molar-refractivity contribution in [1.29, 1.82) is 0 Å². The van der Waals surface area contributed by atoms with Gasteiger partial charge in [-0.15, -0.1) is 6.42 Å². The highest BCUT2D eigenvalue weighted by molar-refractivity contribution is 6.71. The molecule has 0 aliphatic carbocycles. The molecule has 0 heterocycles. The van der Waals surface area contributed by atoms with Crippen LogP contribution in [0, 0.1) is 12.3 Å². The lowest BCUT2D eigenvalue weighted by Crippen LogP contribution is -2.34. The van der Waals surface area contributed by atoms with Crippen molar-refractivity contribution in [3.63, 3.8) is 0 Å². The molecule has 0 radical (unpaired) electrons. The Morgan fingerprint density at radius 3 is 2.20 bits per heavy atom. The van der Waals surface area contributed by atoms with E-state index in [1.807, 2.05) is 0 Å². The van der Waals surface area contributed by atoms with Gasteiger partial charge < -0.3 is 0 Å². The average Bonchev–Trinajstić information content (AvgIpc) is 2.15. The van der Waals surface area contributed by atoms with Crippen LogP contribution in [-0.2, 0) is 5.41 Å². The molecule has 1 aromatic rings. The summed E-state index contributed by atoms with van der Waals surface area (Å²) in [7, 11) is -0.867. The first-order valence-electron chi connectivity index (χ1n) is 5.48. The van der Waals surface area contributed by atoms with Crippen LogP contribution in [-0.4, -0.2) is 8.80 Å². The van der Waals surface area contributed by atoms with Gasteiger partial charge >= 0.3 is 0 Å². The Morgan fingerprint density at radius 1 is 1.20 bits per heavy atom. The van der Waals surface area contributed by atoms with Crippen molar-refractivity contribution in [2.24, 2.45) is 0 Å². The van der Waals surface area contributed by atoms with Gasteiger partial charge in [0, 0.05) is 5.56 Å². The Kier molecular flexibility index (Phi) is 3.41. The van der Waals surface area contributed by atoms with Gasteiger partial charge in [0.05, 0.1) is 8.80 Å². The molecular formula is C14H20Si. The smallest absolute Gasteiger partial charge is 0.0667 e. The first kappa shape index (κ1) is 12.1. The predicted molar refractivity (Wildman–Crippen MR) is 71.6 cm³/mol. The van der Waals surface area contributed by atoms with E-state index in [1.54, 1.807) is 0 Å². The fourth-order valence-electron chi connectivity index (χ4n) is 1.97.